The largest absolute Gasteiger partial charge is 0.494 e. The van der Waals surface area contributed by atoms with Crippen molar-refractivity contribution in [2.75, 3.05) is 12.4 Å². The van der Waals surface area contributed by atoms with Crippen molar-refractivity contribution in [3.05, 3.63) is 57.1 Å². The number of nitro groups is 1. The topological polar surface area (TPSA) is 90.7 Å². The molecule has 0 aliphatic heterocycles. The minimum atomic E-state index is -0.758. The van der Waals surface area contributed by atoms with Crippen molar-refractivity contribution in [3.63, 3.8) is 0 Å². The van der Waals surface area contributed by atoms with Gasteiger partial charge < -0.3 is 14.8 Å². The lowest BCUT2D eigenvalue weighted by molar-refractivity contribution is -0.384. The Kier molecular flexibility index (Phi) is 5.75. The fourth-order valence-electron chi connectivity index (χ4n) is 1.90. The molecule has 1 unspecified atom stereocenters. The Hall–Kier alpha value is -2.61. The summed E-state index contributed by atoms with van der Waals surface area (Å²) in [5, 5.41) is 13.4. The summed E-state index contributed by atoms with van der Waals surface area (Å²) in [5.41, 5.74) is 0.211. The van der Waals surface area contributed by atoms with Gasteiger partial charge in [-0.1, -0.05) is 15.9 Å². The number of nitrogens with one attached hydrogen (secondary N) is 1. The van der Waals surface area contributed by atoms with E-state index in [0.29, 0.717) is 11.4 Å². The third-order valence-corrected chi connectivity index (χ3v) is 3.68. The third kappa shape index (κ3) is 4.45. The zero-order chi connectivity index (χ0) is 17.7. The molecular formula is C16H15BrN2O5. The van der Waals surface area contributed by atoms with E-state index in [-0.39, 0.29) is 11.4 Å². The molecule has 0 aromatic heterocycles. The zero-order valence-corrected chi connectivity index (χ0v) is 14.6. The number of methoxy groups -OCH3 is 1. The summed E-state index contributed by atoms with van der Waals surface area (Å²) in [4.78, 5) is 22.5. The number of non-ortho nitro benzene ring substituents is 1. The number of carbonyl (C=O) groups excluding carboxylic acids is 1. The van der Waals surface area contributed by atoms with Gasteiger partial charge in [0.05, 0.1) is 23.8 Å². The van der Waals surface area contributed by atoms with Gasteiger partial charge in [-0.15, -0.1) is 0 Å². The Balaban J connectivity index is 2.08. The van der Waals surface area contributed by atoms with Crippen molar-refractivity contribution in [2.45, 2.75) is 13.0 Å². The van der Waals surface area contributed by atoms with Gasteiger partial charge in [-0.3, -0.25) is 14.9 Å². The zero-order valence-electron chi connectivity index (χ0n) is 13.0. The maximum absolute atomic E-state index is 12.2. The van der Waals surface area contributed by atoms with Crippen LogP contribution in [0.3, 0.4) is 0 Å². The first-order chi connectivity index (χ1) is 11.4. The molecule has 126 valence electrons. The molecule has 0 saturated heterocycles. The quantitative estimate of drug-likeness (QED) is 0.594. The molecule has 2 aromatic carbocycles. The van der Waals surface area contributed by atoms with Gasteiger partial charge in [0.25, 0.3) is 11.6 Å². The van der Waals surface area contributed by atoms with Gasteiger partial charge in [0.2, 0.25) is 0 Å². The first-order valence-electron chi connectivity index (χ1n) is 6.96. The number of carbonyl (C=O) groups is 1. The molecule has 0 radical (unpaired) electrons. The SMILES string of the molecule is COc1cc([N+](=O)[O-])ccc1NC(=O)C(C)Oc1ccc(Br)cc1. The first-order valence-corrected chi connectivity index (χ1v) is 7.75. The molecule has 24 heavy (non-hydrogen) atoms. The molecule has 0 aliphatic rings. The summed E-state index contributed by atoms with van der Waals surface area (Å²) < 4.78 is 11.5. The monoisotopic (exact) mass is 394 g/mol. The summed E-state index contributed by atoms with van der Waals surface area (Å²) >= 11 is 3.32. The van der Waals surface area contributed by atoms with Crippen molar-refractivity contribution < 1.29 is 19.2 Å². The van der Waals surface area contributed by atoms with Crippen LogP contribution in [0.5, 0.6) is 11.5 Å². The first kappa shape index (κ1) is 17.7. The van der Waals surface area contributed by atoms with Gasteiger partial charge in [0, 0.05) is 10.5 Å². The van der Waals surface area contributed by atoms with Crippen molar-refractivity contribution in [3.8, 4) is 11.5 Å². The van der Waals surface area contributed by atoms with Crippen LogP contribution in [0.25, 0.3) is 0 Å². The highest BCUT2D eigenvalue weighted by molar-refractivity contribution is 9.10. The second kappa shape index (κ2) is 7.78. The minimum absolute atomic E-state index is 0.121. The number of nitro benzene ring substituents is 1. The average Bonchev–Trinajstić information content (AvgIpc) is 2.56. The molecule has 2 aromatic rings. The van der Waals surface area contributed by atoms with Crippen molar-refractivity contribution >= 4 is 33.2 Å². The Bertz CT molecular complexity index is 749. The van der Waals surface area contributed by atoms with E-state index in [2.05, 4.69) is 21.2 Å². The van der Waals surface area contributed by atoms with Crippen LogP contribution in [0.2, 0.25) is 0 Å². The van der Waals surface area contributed by atoms with Crippen molar-refractivity contribution in [2.24, 2.45) is 0 Å². The smallest absolute Gasteiger partial charge is 0.273 e. The Morgan fingerprint density at radius 2 is 1.92 bits per heavy atom. The van der Waals surface area contributed by atoms with E-state index in [4.69, 9.17) is 9.47 Å². The highest BCUT2D eigenvalue weighted by Crippen LogP contribution is 2.29. The number of hydrogen-bond donors (Lipinski definition) is 1. The maximum Gasteiger partial charge on any atom is 0.273 e. The molecule has 1 atom stereocenters. The Labute approximate surface area is 146 Å². The standard InChI is InChI=1S/C16H15BrN2O5/c1-10(24-13-6-3-11(17)4-7-13)16(20)18-14-8-5-12(19(21)22)9-15(14)23-2/h3-10H,1-2H3,(H,18,20). The Morgan fingerprint density at radius 3 is 2.50 bits per heavy atom. The minimum Gasteiger partial charge on any atom is -0.494 e. The van der Waals surface area contributed by atoms with Crippen LogP contribution in [-0.2, 0) is 4.79 Å². The van der Waals surface area contributed by atoms with Gasteiger partial charge in [0.1, 0.15) is 11.5 Å². The van der Waals surface area contributed by atoms with Gasteiger partial charge in [-0.25, -0.2) is 0 Å². The fourth-order valence-corrected chi connectivity index (χ4v) is 2.17. The molecule has 0 heterocycles. The molecule has 0 aliphatic carbocycles. The van der Waals surface area contributed by atoms with E-state index >= 15 is 0 Å². The molecule has 1 amide bonds. The summed E-state index contributed by atoms with van der Waals surface area (Å²) in [7, 11) is 1.37. The van der Waals surface area contributed by atoms with Crippen LogP contribution in [0, 0.1) is 10.1 Å². The predicted molar refractivity (Wildman–Crippen MR) is 92.5 cm³/mol. The second-order valence-electron chi connectivity index (χ2n) is 4.84. The van der Waals surface area contributed by atoms with E-state index in [1.54, 1.807) is 31.2 Å². The lowest BCUT2D eigenvalue weighted by Gasteiger charge is -2.16. The summed E-state index contributed by atoms with van der Waals surface area (Å²) in [5.74, 6) is 0.356. The normalized spacial score (nSPS) is 11.5. The van der Waals surface area contributed by atoms with Crippen LogP contribution in [0.15, 0.2) is 46.9 Å². The molecule has 0 saturated carbocycles. The number of hydrogen-bond acceptors (Lipinski definition) is 5. The van der Waals surface area contributed by atoms with Crippen LogP contribution in [0.4, 0.5) is 11.4 Å². The highest BCUT2D eigenvalue weighted by Gasteiger charge is 2.18. The van der Waals surface area contributed by atoms with E-state index in [0.717, 1.165) is 4.47 Å². The van der Waals surface area contributed by atoms with Crippen LogP contribution >= 0.6 is 15.9 Å². The molecule has 2 rings (SSSR count). The summed E-state index contributed by atoms with van der Waals surface area (Å²) in [6.07, 6.45) is -0.758. The highest BCUT2D eigenvalue weighted by atomic mass is 79.9. The number of ether oxygens (including phenoxy) is 2. The Morgan fingerprint density at radius 1 is 1.25 bits per heavy atom. The second-order valence-corrected chi connectivity index (χ2v) is 5.76. The van der Waals surface area contributed by atoms with Crippen molar-refractivity contribution in [1.29, 1.82) is 0 Å². The van der Waals surface area contributed by atoms with Gasteiger partial charge in [-0.05, 0) is 37.3 Å². The molecule has 7 nitrogen and oxygen atoms in total. The lowest BCUT2D eigenvalue weighted by atomic mass is 10.2. The maximum atomic E-state index is 12.2. The van der Waals surface area contributed by atoms with Gasteiger partial charge in [0.15, 0.2) is 6.10 Å². The summed E-state index contributed by atoms with van der Waals surface area (Å²) in [6, 6.07) is 11.0. The van der Waals surface area contributed by atoms with Gasteiger partial charge in [-0.2, -0.15) is 0 Å². The van der Waals surface area contributed by atoms with Gasteiger partial charge >= 0.3 is 0 Å². The molecule has 0 fully saturated rings. The van der Waals surface area contributed by atoms with E-state index in [1.165, 1.54) is 25.3 Å². The van der Waals surface area contributed by atoms with Crippen molar-refractivity contribution in [1.82, 2.24) is 0 Å². The molecular weight excluding hydrogens is 380 g/mol. The number of rotatable bonds is 6. The van der Waals surface area contributed by atoms with E-state index in [9.17, 15) is 14.9 Å². The van der Waals surface area contributed by atoms with E-state index in [1.807, 2.05) is 0 Å². The van der Waals surface area contributed by atoms with E-state index < -0.39 is 16.9 Å². The van der Waals surface area contributed by atoms with Crippen LogP contribution in [-0.4, -0.2) is 24.0 Å². The molecule has 1 N–H and O–H groups in total. The number of benzene rings is 2. The number of amides is 1. The lowest BCUT2D eigenvalue weighted by Crippen LogP contribution is -2.30. The average molecular weight is 395 g/mol. The van der Waals surface area contributed by atoms with Crippen LogP contribution < -0.4 is 14.8 Å². The summed E-state index contributed by atoms with van der Waals surface area (Å²) in [6.45, 7) is 1.61. The fraction of sp³-hybridized carbons (Fsp3) is 0.188. The molecule has 0 bridgehead atoms. The number of halogens is 1. The molecule has 8 heteroatoms. The number of anilines is 1. The molecule has 0 spiro atoms. The number of nitrogens with zero attached hydrogens (tertiary/aromatic N) is 1. The third-order valence-electron chi connectivity index (χ3n) is 3.15. The van der Waals surface area contributed by atoms with Crippen LogP contribution in [0.1, 0.15) is 6.92 Å². The predicted octanol–water partition coefficient (Wildman–Crippen LogP) is 3.77.